The van der Waals surface area contributed by atoms with Crippen LogP contribution < -0.4 is 10.9 Å². The Balaban J connectivity index is 2.17. The minimum atomic E-state index is -0.00670. The van der Waals surface area contributed by atoms with Gasteiger partial charge in [-0.15, -0.1) is 0 Å². The van der Waals surface area contributed by atoms with Crippen molar-refractivity contribution in [3.63, 3.8) is 0 Å². The number of hydrogen-bond acceptors (Lipinski definition) is 2. The number of para-hydroxylation sites is 1. The Bertz CT molecular complexity index is 677. The number of H-pyrrole nitrogens is 1. The molecule has 0 aliphatic rings. The van der Waals surface area contributed by atoms with Gasteiger partial charge in [0, 0.05) is 23.2 Å². The Morgan fingerprint density at radius 1 is 1.10 bits per heavy atom. The van der Waals surface area contributed by atoms with Crippen LogP contribution in [0.3, 0.4) is 0 Å². The summed E-state index contributed by atoms with van der Waals surface area (Å²) in [6.07, 6.45) is 1.05. The van der Waals surface area contributed by atoms with Gasteiger partial charge in [-0.25, -0.2) is 0 Å². The van der Waals surface area contributed by atoms with E-state index in [1.807, 2.05) is 30.3 Å². The van der Waals surface area contributed by atoms with Crippen LogP contribution in [0.5, 0.6) is 0 Å². The van der Waals surface area contributed by atoms with Crippen molar-refractivity contribution in [2.75, 3.05) is 0 Å². The highest BCUT2D eigenvalue weighted by Crippen LogP contribution is 2.27. The fourth-order valence-corrected chi connectivity index (χ4v) is 3.05. The van der Waals surface area contributed by atoms with Gasteiger partial charge in [-0.05, 0) is 43.2 Å². The van der Waals surface area contributed by atoms with Gasteiger partial charge in [0.25, 0.3) is 5.56 Å². The average Bonchev–Trinajstić information content (AvgIpc) is 2.33. The van der Waals surface area contributed by atoms with Gasteiger partial charge in [0.1, 0.15) is 0 Å². The lowest BCUT2D eigenvalue weighted by atomic mass is 9.82. The first kappa shape index (κ1) is 15.8. The summed E-state index contributed by atoms with van der Waals surface area (Å²) in [5.74, 6) is 0. The second-order valence-electron chi connectivity index (χ2n) is 7.69. The first-order valence-electron chi connectivity index (χ1n) is 7.52. The van der Waals surface area contributed by atoms with E-state index in [2.05, 4.69) is 44.9 Å². The minimum Gasteiger partial charge on any atom is -0.322 e. The van der Waals surface area contributed by atoms with Crippen LogP contribution >= 0.6 is 0 Å². The topological polar surface area (TPSA) is 44.9 Å². The van der Waals surface area contributed by atoms with Crippen LogP contribution in [0, 0.1) is 5.41 Å². The van der Waals surface area contributed by atoms with E-state index in [0.717, 1.165) is 22.9 Å². The number of benzene rings is 1. The van der Waals surface area contributed by atoms with Gasteiger partial charge in [-0.2, -0.15) is 0 Å². The Morgan fingerprint density at radius 3 is 2.43 bits per heavy atom. The molecule has 3 heteroatoms. The SMILES string of the molecule is CC(C)(C)CC(C)(C)NCc1cc2ccccc2[nH]c1=O. The molecule has 0 spiro atoms. The Kier molecular flexibility index (Phi) is 4.24. The monoisotopic (exact) mass is 286 g/mol. The molecule has 1 aromatic carbocycles. The van der Waals surface area contributed by atoms with Crippen LogP contribution in [0.25, 0.3) is 10.9 Å². The molecule has 0 amide bonds. The lowest BCUT2D eigenvalue weighted by molar-refractivity contribution is 0.240. The van der Waals surface area contributed by atoms with Crippen LogP contribution in [-0.2, 0) is 6.54 Å². The molecule has 0 fully saturated rings. The van der Waals surface area contributed by atoms with Gasteiger partial charge in [-0.3, -0.25) is 4.79 Å². The summed E-state index contributed by atoms with van der Waals surface area (Å²) >= 11 is 0. The summed E-state index contributed by atoms with van der Waals surface area (Å²) in [6, 6.07) is 9.85. The Hall–Kier alpha value is -1.61. The van der Waals surface area contributed by atoms with E-state index in [9.17, 15) is 4.79 Å². The quantitative estimate of drug-likeness (QED) is 0.897. The molecular formula is C18H26N2O. The minimum absolute atomic E-state index is 0.00364. The molecule has 1 aromatic heterocycles. The van der Waals surface area contributed by atoms with Crippen molar-refractivity contribution in [3.8, 4) is 0 Å². The number of hydrogen-bond donors (Lipinski definition) is 2. The predicted molar refractivity (Wildman–Crippen MR) is 89.6 cm³/mol. The van der Waals surface area contributed by atoms with E-state index in [-0.39, 0.29) is 16.5 Å². The summed E-state index contributed by atoms with van der Waals surface area (Å²) in [5.41, 5.74) is 1.92. The molecule has 2 rings (SSSR count). The molecule has 1 heterocycles. The van der Waals surface area contributed by atoms with Crippen molar-refractivity contribution >= 4 is 10.9 Å². The van der Waals surface area contributed by atoms with E-state index in [0.29, 0.717) is 6.54 Å². The van der Waals surface area contributed by atoms with E-state index in [1.165, 1.54) is 0 Å². The van der Waals surface area contributed by atoms with Gasteiger partial charge in [0.2, 0.25) is 0 Å². The standard InChI is InChI=1S/C18H26N2O/c1-17(2,3)12-18(4,5)19-11-14-10-13-8-6-7-9-15(13)20-16(14)21/h6-10,19H,11-12H2,1-5H3,(H,20,21). The normalized spacial score (nSPS) is 12.8. The summed E-state index contributed by atoms with van der Waals surface area (Å²) in [4.78, 5) is 15.1. The zero-order valence-corrected chi connectivity index (χ0v) is 13.7. The molecule has 0 aliphatic heterocycles. The van der Waals surface area contributed by atoms with Gasteiger partial charge < -0.3 is 10.3 Å². The molecular weight excluding hydrogens is 260 g/mol. The first-order valence-corrected chi connectivity index (χ1v) is 7.52. The summed E-state index contributed by atoms with van der Waals surface area (Å²) < 4.78 is 0. The van der Waals surface area contributed by atoms with E-state index >= 15 is 0 Å². The molecule has 0 unspecified atom stereocenters. The highest BCUT2D eigenvalue weighted by molar-refractivity contribution is 5.78. The van der Waals surface area contributed by atoms with Crippen LogP contribution in [0.15, 0.2) is 35.1 Å². The van der Waals surface area contributed by atoms with Crippen LogP contribution in [0.4, 0.5) is 0 Å². The van der Waals surface area contributed by atoms with E-state index < -0.39 is 0 Å². The predicted octanol–water partition coefficient (Wildman–Crippen LogP) is 3.83. The maximum absolute atomic E-state index is 12.1. The second-order valence-corrected chi connectivity index (χ2v) is 7.69. The third kappa shape index (κ3) is 4.43. The highest BCUT2D eigenvalue weighted by atomic mass is 16.1. The highest BCUT2D eigenvalue weighted by Gasteiger charge is 2.25. The van der Waals surface area contributed by atoms with Crippen molar-refractivity contribution < 1.29 is 0 Å². The van der Waals surface area contributed by atoms with Crippen LogP contribution in [-0.4, -0.2) is 10.5 Å². The van der Waals surface area contributed by atoms with Gasteiger partial charge >= 0.3 is 0 Å². The zero-order chi connectivity index (χ0) is 15.7. The first-order chi connectivity index (χ1) is 9.66. The number of pyridine rings is 1. The molecule has 0 saturated carbocycles. The maximum Gasteiger partial charge on any atom is 0.252 e. The number of fused-ring (bicyclic) bond motifs is 1. The summed E-state index contributed by atoms with van der Waals surface area (Å²) in [7, 11) is 0. The zero-order valence-electron chi connectivity index (χ0n) is 13.7. The largest absolute Gasteiger partial charge is 0.322 e. The molecule has 0 aliphatic carbocycles. The number of rotatable bonds is 4. The molecule has 2 N–H and O–H groups in total. The van der Waals surface area contributed by atoms with Crippen LogP contribution in [0.2, 0.25) is 0 Å². The van der Waals surface area contributed by atoms with E-state index in [4.69, 9.17) is 0 Å². The van der Waals surface area contributed by atoms with Crippen molar-refractivity contribution in [1.82, 2.24) is 10.3 Å². The fourth-order valence-electron chi connectivity index (χ4n) is 3.05. The number of nitrogens with one attached hydrogen (secondary N) is 2. The van der Waals surface area contributed by atoms with Crippen molar-refractivity contribution in [2.24, 2.45) is 5.41 Å². The Morgan fingerprint density at radius 2 is 1.76 bits per heavy atom. The van der Waals surface area contributed by atoms with Crippen LogP contribution in [0.1, 0.15) is 46.6 Å². The molecule has 0 radical (unpaired) electrons. The smallest absolute Gasteiger partial charge is 0.252 e. The molecule has 0 saturated heterocycles. The molecule has 2 aromatic rings. The molecule has 0 bridgehead atoms. The number of aromatic amines is 1. The summed E-state index contributed by atoms with van der Waals surface area (Å²) in [6.45, 7) is 11.7. The third-order valence-electron chi connectivity index (χ3n) is 3.56. The van der Waals surface area contributed by atoms with Gasteiger partial charge in [0.15, 0.2) is 0 Å². The lowest BCUT2D eigenvalue weighted by Crippen LogP contribution is -2.42. The van der Waals surface area contributed by atoms with Crippen molar-refractivity contribution in [2.45, 2.75) is 53.1 Å². The van der Waals surface area contributed by atoms with E-state index in [1.54, 1.807) is 0 Å². The van der Waals surface area contributed by atoms with Gasteiger partial charge in [0.05, 0.1) is 0 Å². The van der Waals surface area contributed by atoms with Gasteiger partial charge in [-0.1, -0.05) is 39.0 Å². The molecule has 3 nitrogen and oxygen atoms in total. The van der Waals surface area contributed by atoms with Crippen molar-refractivity contribution in [1.29, 1.82) is 0 Å². The third-order valence-corrected chi connectivity index (χ3v) is 3.56. The number of aromatic nitrogens is 1. The second kappa shape index (κ2) is 5.64. The van der Waals surface area contributed by atoms with Crippen molar-refractivity contribution in [3.05, 3.63) is 46.2 Å². The molecule has 21 heavy (non-hydrogen) atoms. The fraction of sp³-hybridized carbons (Fsp3) is 0.500. The Labute approximate surface area is 126 Å². The lowest BCUT2D eigenvalue weighted by Gasteiger charge is -2.33. The molecule has 0 atom stereocenters. The maximum atomic E-state index is 12.1. The summed E-state index contributed by atoms with van der Waals surface area (Å²) in [5, 5.41) is 4.59. The molecule has 114 valence electrons. The average molecular weight is 286 g/mol.